The molecule has 20 heavy (non-hydrogen) atoms. The number of nitrogens with zero attached hydrogens (tertiary/aromatic N) is 1. The van der Waals surface area contributed by atoms with E-state index < -0.39 is 0 Å². The Morgan fingerprint density at radius 1 is 1.05 bits per heavy atom. The summed E-state index contributed by atoms with van der Waals surface area (Å²) >= 11 is 0. The zero-order valence-electron chi connectivity index (χ0n) is 12.8. The van der Waals surface area contributed by atoms with Gasteiger partial charge in [0.05, 0.1) is 6.61 Å². The van der Waals surface area contributed by atoms with Gasteiger partial charge in [0.1, 0.15) is 5.75 Å². The van der Waals surface area contributed by atoms with Crippen LogP contribution in [0.3, 0.4) is 0 Å². The summed E-state index contributed by atoms with van der Waals surface area (Å²) in [4.78, 5) is 2.43. The molecule has 4 nitrogen and oxygen atoms in total. The zero-order chi connectivity index (χ0) is 14.8. The van der Waals surface area contributed by atoms with Gasteiger partial charge in [0, 0.05) is 40.0 Å². The molecule has 0 radical (unpaired) electrons. The van der Waals surface area contributed by atoms with E-state index in [9.17, 15) is 5.11 Å². The largest absolute Gasteiger partial charge is 0.508 e. The van der Waals surface area contributed by atoms with Crippen molar-refractivity contribution in [2.75, 3.05) is 40.5 Å². The van der Waals surface area contributed by atoms with Gasteiger partial charge in [-0.2, -0.15) is 0 Å². The number of hydrogen-bond donors (Lipinski definition) is 1. The van der Waals surface area contributed by atoms with Crippen LogP contribution < -0.4 is 0 Å². The quantitative estimate of drug-likeness (QED) is 0.670. The number of ether oxygens (including phenoxy) is 2. The number of phenols is 1. The van der Waals surface area contributed by atoms with Crippen LogP contribution in [-0.4, -0.2) is 50.5 Å². The smallest absolute Gasteiger partial charge is 0.115 e. The summed E-state index contributed by atoms with van der Waals surface area (Å²) in [6, 6.07) is 7.85. The maximum absolute atomic E-state index is 9.41. The average molecular weight is 281 g/mol. The SMILES string of the molecule is CCC(c1ccc(O)cc1)N(CCCOC)CCOC. The third kappa shape index (κ3) is 5.49. The van der Waals surface area contributed by atoms with Gasteiger partial charge in [-0.3, -0.25) is 4.90 Å². The van der Waals surface area contributed by atoms with Gasteiger partial charge in [-0.15, -0.1) is 0 Å². The predicted octanol–water partition coefficient (Wildman–Crippen LogP) is 2.83. The second-order valence-electron chi connectivity index (χ2n) is 4.89. The van der Waals surface area contributed by atoms with Crippen LogP contribution in [0.1, 0.15) is 31.4 Å². The maximum Gasteiger partial charge on any atom is 0.115 e. The van der Waals surface area contributed by atoms with Crippen molar-refractivity contribution < 1.29 is 14.6 Å². The molecule has 4 heteroatoms. The summed E-state index contributed by atoms with van der Waals surface area (Å²) in [5, 5.41) is 9.41. The highest BCUT2D eigenvalue weighted by Crippen LogP contribution is 2.25. The number of methoxy groups -OCH3 is 2. The third-order valence-electron chi connectivity index (χ3n) is 3.48. The van der Waals surface area contributed by atoms with Crippen LogP contribution in [0, 0.1) is 0 Å². The van der Waals surface area contributed by atoms with Gasteiger partial charge in [-0.25, -0.2) is 0 Å². The molecule has 0 saturated heterocycles. The molecule has 1 N–H and O–H groups in total. The molecule has 0 saturated carbocycles. The lowest BCUT2D eigenvalue weighted by atomic mass is 10.0. The normalized spacial score (nSPS) is 12.8. The highest BCUT2D eigenvalue weighted by Gasteiger charge is 2.18. The maximum atomic E-state index is 9.41. The summed E-state index contributed by atoms with van der Waals surface area (Å²) in [5.74, 6) is 0.312. The molecule has 0 aliphatic rings. The Morgan fingerprint density at radius 2 is 1.70 bits per heavy atom. The van der Waals surface area contributed by atoms with Gasteiger partial charge in [0.15, 0.2) is 0 Å². The minimum atomic E-state index is 0.312. The topological polar surface area (TPSA) is 41.9 Å². The van der Waals surface area contributed by atoms with Crippen LogP contribution in [-0.2, 0) is 9.47 Å². The van der Waals surface area contributed by atoms with E-state index in [0.717, 1.165) is 39.1 Å². The van der Waals surface area contributed by atoms with Crippen molar-refractivity contribution >= 4 is 0 Å². The van der Waals surface area contributed by atoms with Crippen LogP contribution in [0.25, 0.3) is 0 Å². The van der Waals surface area contributed by atoms with E-state index in [2.05, 4.69) is 11.8 Å². The molecular formula is C16H27NO3. The summed E-state index contributed by atoms with van der Waals surface area (Å²) < 4.78 is 10.4. The average Bonchev–Trinajstić information content (AvgIpc) is 2.47. The molecule has 0 fully saturated rings. The molecule has 0 aliphatic heterocycles. The van der Waals surface area contributed by atoms with Crippen molar-refractivity contribution in [3.05, 3.63) is 29.8 Å². The molecule has 1 atom stereocenters. The van der Waals surface area contributed by atoms with Crippen LogP contribution in [0.5, 0.6) is 5.75 Å². The zero-order valence-corrected chi connectivity index (χ0v) is 12.8. The molecule has 0 heterocycles. The van der Waals surface area contributed by atoms with Gasteiger partial charge in [0.25, 0.3) is 0 Å². The Hall–Kier alpha value is -1.10. The van der Waals surface area contributed by atoms with Crippen molar-refractivity contribution in [1.82, 2.24) is 4.90 Å². The van der Waals surface area contributed by atoms with Gasteiger partial charge in [-0.05, 0) is 30.5 Å². The molecule has 1 aromatic rings. The number of rotatable bonds is 10. The first-order valence-corrected chi connectivity index (χ1v) is 7.23. The minimum absolute atomic E-state index is 0.312. The van der Waals surface area contributed by atoms with E-state index >= 15 is 0 Å². The molecule has 0 aliphatic carbocycles. The molecule has 1 aromatic carbocycles. The lowest BCUT2D eigenvalue weighted by Gasteiger charge is -2.31. The Morgan fingerprint density at radius 3 is 2.25 bits per heavy atom. The van der Waals surface area contributed by atoms with E-state index in [0.29, 0.717) is 11.8 Å². The molecular weight excluding hydrogens is 254 g/mol. The van der Waals surface area contributed by atoms with Crippen molar-refractivity contribution in [3.8, 4) is 5.75 Å². The molecule has 0 amide bonds. The fourth-order valence-corrected chi connectivity index (χ4v) is 2.45. The minimum Gasteiger partial charge on any atom is -0.508 e. The van der Waals surface area contributed by atoms with Crippen LogP contribution in [0.15, 0.2) is 24.3 Å². The van der Waals surface area contributed by atoms with Crippen LogP contribution in [0.2, 0.25) is 0 Å². The standard InChI is InChI=1S/C16H27NO3/c1-4-16(14-6-8-15(18)9-7-14)17(11-13-20-3)10-5-12-19-2/h6-9,16,18H,4-5,10-13H2,1-3H3. The van der Waals surface area contributed by atoms with E-state index in [1.165, 1.54) is 5.56 Å². The Balaban J connectivity index is 2.74. The van der Waals surface area contributed by atoms with E-state index in [1.54, 1.807) is 26.4 Å². The van der Waals surface area contributed by atoms with Crippen molar-refractivity contribution in [3.63, 3.8) is 0 Å². The Kier molecular flexibility index (Phi) is 8.26. The fraction of sp³-hybridized carbons (Fsp3) is 0.625. The first-order valence-electron chi connectivity index (χ1n) is 7.23. The lowest BCUT2D eigenvalue weighted by molar-refractivity contribution is 0.104. The van der Waals surface area contributed by atoms with Crippen LogP contribution in [0.4, 0.5) is 0 Å². The van der Waals surface area contributed by atoms with E-state index in [-0.39, 0.29) is 0 Å². The molecule has 0 bridgehead atoms. The van der Waals surface area contributed by atoms with Gasteiger partial charge >= 0.3 is 0 Å². The van der Waals surface area contributed by atoms with E-state index in [1.807, 2.05) is 12.1 Å². The number of benzene rings is 1. The van der Waals surface area contributed by atoms with Gasteiger partial charge < -0.3 is 14.6 Å². The number of phenolic OH excluding ortho intramolecular Hbond substituents is 1. The lowest BCUT2D eigenvalue weighted by Crippen LogP contribution is -2.33. The number of aromatic hydroxyl groups is 1. The monoisotopic (exact) mass is 281 g/mol. The molecule has 0 aromatic heterocycles. The highest BCUT2D eigenvalue weighted by molar-refractivity contribution is 5.28. The summed E-state index contributed by atoms with van der Waals surface area (Å²) in [5.41, 5.74) is 1.24. The second kappa shape index (κ2) is 9.75. The van der Waals surface area contributed by atoms with Gasteiger partial charge in [-0.1, -0.05) is 19.1 Å². The molecule has 1 rings (SSSR count). The first kappa shape index (κ1) is 17.0. The van der Waals surface area contributed by atoms with Crippen molar-refractivity contribution in [2.24, 2.45) is 0 Å². The summed E-state index contributed by atoms with van der Waals surface area (Å²) in [6.07, 6.45) is 2.04. The number of hydrogen-bond acceptors (Lipinski definition) is 4. The summed E-state index contributed by atoms with van der Waals surface area (Å²) in [7, 11) is 3.46. The van der Waals surface area contributed by atoms with Gasteiger partial charge in [0.2, 0.25) is 0 Å². The first-order chi connectivity index (χ1) is 9.72. The third-order valence-corrected chi connectivity index (χ3v) is 3.48. The Bertz CT molecular complexity index is 353. The molecule has 114 valence electrons. The van der Waals surface area contributed by atoms with Crippen LogP contribution >= 0.6 is 0 Å². The summed E-state index contributed by atoms with van der Waals surface area (Å²) in [6.45, 7) is 5.57. The molecule has 0 spiro atoms. The van der Waals surface area contributed by atoms with Crippen molar-refractivity contribution in [1.29, 1.82) is 0 Å². The van der Waals surface area contributed by atoms with E-state index in [4.69, 9.17) is 9.47 Å². The molecule has 1 unspecified atom stereocenters. The second-order valence-corrected chi connectivity index (χ2v) is 4.89. The predicted molar refractivity (Wildman–Crippen MR) is 81.1 cm³/mol. The highest BCUT2D eigenvalue weighted by atomic mass is 16.5. The fourth-order valence-electron chi connectivity index (χ4n) is 2.45. The van der Waals surface area contributed by atoms with Crippen molar-refractivity contribution in [2.45, 2.75) is 25.8 Å². The Labute approximate surface area is 122 Å².